The van der Waals surface area contributed by atoms with Crippen molar-refractivity contribution < 1.29 is 62.1 Å². The third kappa shape index (κ3) is 15.7. The van der Waals surface area contributed by atoms with Gasteiger partial charge in [-0.3, -0.25) is 33.3 Å². The first-order chi connectivity index (χ1) is 34.1. The molecule has 1 saturated heterocycles. The van der Waals surface area contributed by atoms with Gasteiger partial charge < -0.3 is 45.1 Å². The number of Topliss-reactive ketones (excluding diaryl/α,β-unsaturated/α-hetero) is 1. The lowest BCUT2D eigenvalue weighted by Gasteiger charge is -2.31. The molecule has 72 heavy (non-hydrogen) atoms. The number of ether oxygens (including phenoxy) is 4. The van der Waals surface area contributed by atoms with Crippen LogP contribution in [-0.2, 0) is 60.7 Å². The minimum absolute atomic E-state index is 0.0392. The fraction of sp³-hybridized carbons (Fsp3) is 0.453. The quantitative estimate of drug-likeness (QED) is 0.0465. The van der Waals surface area contributed by atoms with Crippen LogP contribution in [0.4, 0.5) is 9.59 Å². The van der Waals surface area contributed by atoms with Crippen LogP contribution in [0, 0.1) is 11.8 Å². The number of hydrogen-bond donors (Lipinski definition) is 4. The maximum absolute atomic E-state index is 14.8. The van der Waals surface area contributed by atoms with E-state index in [0.717, 1.165) is 0 Å². The molecule has 3 aromatic carbocycles. The number of hydrogen-bond acceptors (Lipinski definition) is 13. The molecule has 2 heterocycles. The molecule has 0 unspecified atom stereocenters. The fourth-order valence-electron chi connectivity index (χ4n) is 8.16. The first-order valence-corrected chi connectivity index (χ1v) is 24.0. The van der Waals surface area contributed by atoms with Crippen molar-refractivity contribution in [1.82, 2.24) is 30.7 Å². The summed E-state index contributed by atoms with van der Waals surface area (Å²) in [5.74, 6) is -5.82. The highest BCUT2D eigenvalue weighted by Crippen LogP contribution is 2.25. The molecule has 5 rings (SSSR count). The third-order valence-corrected chi connectivity index (χ3v) is 11.7. The highest BCUT2D eigenvalue weighted by molar-refractivity contribution is 6.00. The molecule has 0 bridgehead atoms. The number of nitrogens with one attached hydrogen (secondary N) is 4. The molecule has 4 N–H and O–H groups in total. The lowest BCUT2D eigenvalue weighted by Crippen LogP contribution is -2.60. The summed E-state index contributed by atoms with van der Waals surface area (Å²) in [4.78, 5) is 124. The molecule has 1 aliphatic heterocycles. The second-order valence-electron chi connectivity index (χ2n) is 19.3. The average Bonchev–Trinajstić information content (AvgIpc) is 3.98. The van der Waals surface area contributed by atoms with E-state index in [2.05, 4.69) is 21.3 Å². The summed E-state index contributed by atoms with van der Waals surface area (Å²) in [6.45, 7) is 11.3. The number of nitrogens with zero attached hydrogens (tertiary/aromatic N) is 2. The fourth-order valence-corrected chi connectivity index (χ4v) is 8.16. The van der Waals surface area contributed by atoms with Gasteiger partial charge in [-0.2, -0.15) is 0 Å². The molecule has 0 saturated carbocycles. The summed E-state index contributed by atoms with van der Waals surface area (Å²) in [5, 5.41) is 11.3. The van der Waals surface area contributed by atoms with Gasteiger partial charge in [0.05, 0.1) is 19.0 Å². The maximum Gasteiger partial charge on any atom is 0.418 e. The van der Waals surface area contributed by atoms with Crippen LogP contribution >= 0.6 is 0 Å². The summed E-state index contributed by atoms with van der Waals surface area (Å²) in [6.07, 6.45) is -0.414. The third-order valence-electron chi connectivity index (χ3n) is 11.7. The van der Waals surface area contributed by atoms with Gasteiger partial charge in [-0.05, 0) is 69.1 Å². The summed E-state index contributed by atoms with van der Waals surface area (Å²) < 4.78 is 22.6. The van der Waals surface area contributed by atoms with E-state index < -0.39 is 108 Å². The number of likely N-dealkylation sites (tertiary alicyclic amines) is 1. The van der Waals surface area contributed by atoms with Crippen molar-refractivity contribution >= 4 is 64.4 Å². The summed E-state index contributed by atoms with van der Waals surface area (Å²) in [6, 6.07) is 17.4. The minimum Gasteiger partial charge on any atom is -0.461 e. The van der Waals surface area contributed by atoms with Gasteiger partial charge in [0.25, 0.3) is 0 Å². The van der Waals surface area contributed by atoms with Crippen molar-refractivity contribution in [3.63, 3.8) is 0 Å². The Kier molecular flexibility index (Phi) is 19.6. The molecule has 5 amide bonds. The molecule has 0 spiro atoms. The number of aromatic nitrogens is 1. The first kappa shape index (κ1) is 55.4. The van der Waals surface area contributed by atoms with Crippen LogP contribution in [0.5, 0.6) is 0 Å². The molecular weight excluding hydrogens is 929 g/mol. The Hall–Kier alpha value is -7.57. The highest BCUT2D eigenvalue weighted by Gasteiger charge is 2.41. The predicted molar refractivity (Wildman–Crippen MR) is 264 cm³/mol. The Morgan fingerprint density at radius 1 is 0.736 bits per heavy atom. The SMILES string of the molecule is COC(=O)n1cc(C[C@@H](NC(=O)OC(C)(C)C)C(=O)N[C@H](CC(=O)OCc2ccccc2)C(=O)N2CCC[C@H]2C(=O)N[C@@H](C(=O)N[C@@H](CC(C)C)C(=O)OCC(=O)c2ccccc2)C(C)C)c2ccccc21. The van der Waals surface area contributed by atoms with E-state index in [4.69, 9.17) is 18.9 Å². The highest BCUT2D eigenvalue weighted by atomic mass is 16.6. The average molecular weight is 995 g/mol. The van der Waals surface area contributed by atoms with Crippen LogP contribution in [0.2, 0.25) is 0 Å². The summed E-state index contributed by atoms with van der Waals surface area (Å²) in [5.41, 5.74) is 0.954. The second kappa shape index (κ2) is 25.5. The van der Waals surface area contributed by atoms with E-state index in [1.54, 1.807) is 120 Å². The number of esters is 2. The monoisotopic (exact) mass is 994 g/mol. The van der Waals surface area contributed by atoms with Crippen molar-refractivity contribution in [2.75, 3.05) is 20.3 Å². The largest absolute Gasteiger partial charge is 0.461 e. The predicted octanol–water partition coefficient (Wildman–Crippen LogP) is 5.40. The lowest BCUT2D eigenvalue weighted by molar-refractivity contribution is -0.150. The molecule has 0 radical (unpaired) electrons. The summed E-state index contributed by atoms with van der Waals surface area (Å²) >= 11 is 0. The molecule has 1 aliphatic rings. The van der Waals surface area contributed by atoms with Gasteiger partial charge in [-0.1, -0.05) is 107 Å². The number of carbonyl (C=O) groups excluding carboxylic acids is 9. The number of ketones is 1. The van der Waals surface area contributed by atoms with E-state index in [9.17, 15) is 43.2 Å². The van der Waals surface area contributed by atoms with Crippen LogP contribution in [0.3, 0.4) is 0 Å². The molecule has 19 nitrogen and oxygen atoms in total. The first-order valence-electron chi connectivity index (χ1n) is 24.0. The minimum atomic E-state index is -1.63. The number of alkyl carbamates (subject to hydrolysis) is 1. The number of rotatable bonds is 21. The number of carbonyl (C=O) groups is 9. The maximum atomic E-state index is 14.8. The zero-order chi connectivity index (χ0) is 52.7. The zero-order valence-electron chi connectivity index (χ0n) is 42.1. The number of amides is 5. The zero-order valence-corrected chi connectivity index (χ0v) is 42.1. The van der Waals surface area contributed by atoms with Gasteiger partial charge in [0.2, 0.25) is 23.6 Å². The van der Waals surface area contributed by atoms with E-state index in [0.29, 0.717) is 34.0 Å². The second-order valence-corrected chi connectivity index (χ2v) is 19.3. The van der Waals surface area contributed by atoms with Crippen LogP contribution in [0.1, 0.15) is 95.6 Å². The number of fused-ring (bicyclic) bond motifs is 1. The molecular formula is C53H66N6O13. The molecule has 1 fully saturated rings. The van der Waals surface area contributed by atoms with Gasteiger partial charge in [-0.25, -0.2) is 14.4 Å². The van der Waals surface area contributed by atoms with E-state index in [1.807, 2.05) is 13.8 Å². The van der Waals surface area contributed by atoms with E-state index in [-0.39, 0.29) is 38.3 Å². The van der Waals surface area contributed by atoms with Gasteiger partial charge >= 0.3 is 24.1 Å². The van der Waals surface area contributed by atoms with Crippen molar-refractivity contribution in [3.05, 3.63) is 108 Å². The Balaban J connectivity index is 1.38. The van der Waals surface area contributed by atoms with E-state index >= 15 is 0 Å². The topological polar surface area (TPSA) is 247 Å². The van der Waals surface area contributed by atoms with Gasteiger partial charge in [0.1, 0.15) is 42.4 Å². The van der Waals surface area contributed by atoms with Gasteiger partial charge in [0, 0.05) is 30.1 Å². The van der Waals surface area contributed by atoms with Crippen molar-refractivity contribution in [1.29, 1.82) is 0 Å². The number of para-hydroxylation sites is 1. The van der Waals surface area contributed by atoms with Crippen LogP contribution in [-0.4, -0.2) is 119 Å². The molecule has 386 valence electrons. The molecule has 5 atom stereocenters. The molecule has 0 aliphatic carbocycles. The Morgan fingerprint density at radius 2 is 1.38 bits per heavy atom. The smallest absolute Gasteiger partial charge is 0.418 e. The van der Waals surface area contributed by atoms with Crippen molar-refractivity contribution in [2.24, 2.45) is 11.8 Å². The molecule has 1 aromatic heterocycles. The Labute approximate surface area is 419 Å². The van der Waals surface area contributed by atoms with Crippen LogP contribution in [0.25, 0.3) is 10.9 Å². The Morgan fingerprint density at radius 3 is 2.01 bits per heavy atom. The Bertz CT molecular complexity index is 2570. The van der Waals surface area contributed by atoms with Crippen LogP contribution < -0.4 is 21.3 Å². The molecule has 19 heteroatoms. The summed E-state index contributed by atoms with van der Waals surface area (Å²) in [7, 11) is 1.22. The lowest BCUT2D eigenvalue weighted by atomic mass is 9.99. The van der Waals surface area contributed by atoms with Gasteiger partial charge in [-0.15, -0.1) is 0 Å². The standard InChI is InChI=1S/C53H66N6O13/c1-32(2)26-40(50(66)71-31-43(60)35-20-13-10-14-21-35)55-48(64)45(33(3)4)57-47(63)42-24-17-25-58(42)49(65)39(28-44(61)70-30-34-18-11-9-12-19-34)54-46(62)38(56-51(67)72-53(5,6)7)27-36-29-59(52(68)69-8)41-23-16-15-22-37(36)41/h9-16,18-23,29,32-33,38-40,42,45H,17,24-28,30-31H2,1-8H3,(H,54,62)(H,55,64)(H,56,67)(H,57,63)/t38-,39-,40+,42+,45-/m1/s1. The molecule has 4 aromatic rings. The van der Waals surface area contributed by atoms with Gasteiger partial charge in [0.15, 0.2) is 12.4 Å². The number of methoxy groups -OCH3 is 1. The van der Waals surface area contributed by atoms with Crippen LogP contribution in [0.15, 0.2) is 91.1 Å². The number of benzene rings is 3. The normalized spacial score (nSPS) is 15.1. The van der Waals surface area contributed by atoms with E-state index in [1.165, 1.54) is 22.8 Å². The van der Waals surface area contributed by atoms with Crippen molar-refractivity contribution in [2.45, 2.75) is 123 Å². The van der Waals surface area contributed by atoms with Crippen molar-refractivity contribution in [3.8, 4) is 0 Å².